The summed E-state index contributed by atoms with van der Waals surface area (Å²) >= 11 is 5.78. The van der Waals surface area contributed by atoms with Crippen LogP contribution in [0, 0.1) is 5.82 Å². The largest absolute Gasteiger partial charge is 0.367 e. The van der Waals surface area contributed by atoms with Crippen LogP contribution in [0.15, 0.2) is 29.4 Å². The Bertz CT molecular complexity index is 904. The van der Waals surface area contributed by atoms with Gasteiger partial charge in [0.25, 0.3) is 5.16 Å². The summed E-state index contributed by atoms with van der Waals surface area (Å²) in [6, 6.07) is 5.93. The minimum absolute atomic E-state index is 0.0413. The van der Waals surface area contributed by atoms with Crippen molar-refractivity contribution in [2.24, 2.45) is 0 Å². The van der Waals surface area contributed by atoms with Gasteiger partial charge in [-0.05, 0) is 44.1 Å². The van der Waals surface area contributed by atoms with Crippen molar-refractivity contribution in [2.45, 2.75) is 24.0 Å². The molecule has 1 saturated heterocycles. The van der Waals surface area contributed by atoms with Crippen LogP contribution in [0.2, 0.25) is 5.02 Å². The lowest BCUT2D eigenvalue weighted by Crippen LogP contribution is -2.35. The van der Waals surface area contributed by atoms with Crippen LogP contribution in [0.3, 0.4) is 0 Å². The van der Waals surface area contributed by atoms with Crippen molar-refractivity contribution in [3.05, 3.63) is 35.1 Å². The Labute approximate surface area is 156 Å². The van der Waals surface area contributed by atoms with E-state index in [-0.39, 0.29) is 22.0 Å². The molecule has 2 aromatic rings. The highest BCUT2D eigenvalue weighted by molar-refractivity contribution is 7.90. The third-order valence-corrected chi connectivity index (χ3v) is 5.06. The fraction of sp³-hybridized carbons (Fsp3) is 0.375. The summed E-state index contributed by atoms with van der Waals surface area (Å²) < 4.78 is 37.1. The van der Waals surface area contributed by atoms with Gasteiger partial charge in [0.05, 0.1) is 5.02 Å². The summed E-state index contributed by atoms with van der Waals surface area (Å²) in [5.41, 5.74) is 0.488. The minimum Gasteiger partial charge on any atom is -0.367 e. The molecule has 0 bridgehead atoms. The topological polar surface area (TPSA) is 96.0 Å². The third-order valence-electron chi connectivity index (χ3n) is 3.92. The van der Waals surface area contributed by atoms with Crippen molar-refractivity contribution in [3.8, 4) is 0 Å². The first-order valence-corrected chi connectivity index (χ1v) is 10.4. The Hall–Kier alpha value is -1.97. The second-order valence-electron chi connectivity index (χ2n) is 6.12. The molecule has 2 heterocycles. The average molecular weight is 400 g/mol. The van der Waals surface area contributed by atoms with Crippen LogP contribution in [-0.2, 0) is 9.84 Å². The predicted molar refractivity (Wildman–Crippen MR) is 99.3 cm³/mol. The van der Waals surface area contributed by atoms with Gasteiger partial charge in [0.1, 0.15) is 17.5 Å². The standard InChI is InChI=1S/C16H19ClFN5O2S/c1-26(24,25)16-22-14(20-10-4-6-19-7-5-10)9-15(23-16)21-11-2-3-13(18)12(17)8-11/h2-3,8-10,19H,4-7H2,1H3,(H2,20,21,22,23). The summed E-state index contributed by atoms with van der Waals surface area (Å²) in [7, 11) is -3.60. The van der Waals surface area contributed by atoms with Crippen molar-refractivity contribution in [1.82, 2.24) is 15.3 Å². The first-order chi connectivity index (χ1) is 12.3. The Morgan fingerprint density at radius 3 is 2.54 bits per heavy atom. The zero-order valence-corrected chi connectivity index (χ0v) is 15.7. The maximum atomic E-state index is 13.3. The number of nitrogens with zero attached hydrogens (tertiary/aromatic N) is 2. The Morgan fingerprint density at radius 2 is 1.88 bits per heavy atom. The van der Waals surface area contributed by atoms with Crippen molar-refractivity contribution in [3.63, 3.8) is 0 Å². The van der Waals surface area contributed by atoms with E-state index in [1.165, 1.54) is 18.2 Å². The van der Waals surface area contributed by atoms with E-state index in [1.54, 1.807) is 6.07 Å². The highest BCUT2D eigenvalue weighted by Gasteiger charge is 2.18. The Balaban J connectivity index is 1.90. The van der Waals surface area contributed by atoms with Gasteiger partial charge < -0.3 is 16.0 Å². The molecule has 1 aliphatic rings. The van der Waals surface area contributed by atoms with Crippen molar-refractivity contribution in [2.75, 3.05) is 30.0 Å². The van der Waals surface area contributed by atoms with Crippen molar-refractivity contribution >= 4 is 38.8 Å². The maximum absolute atomic E-state index is 13.3. The van der Waals surface area contributed by atoms with E-state index < -0.39 is 15.7 Å². The molecule has 0 saturated carbocycles. The van der Waals surface area contributed by atoms with Crippen LogP contribution in [-0.4, -0.2) is 43.8 Å². The van der Waals surface area contributed by atoms with E-state index >= 15 is 0 Å². The molecule has 0 aliphatic carbocycles. The van der Waals surface area contributed by atoms with E-state index in [2.05, 4.69) is 25.9 Å². The zero-order chi connectivity index (χ0) is 18.7. The molecule has 0 spiro atoms. The second kappa shape index (κ2) is 7.73. The van der Waals surface area contributed by atoms with E-state index in [9.17, 15) is 12.8 Å². The molecule has 3 N–H and O–H groups in total. The molecule has 0 atom stereocenters. The number of piperidine rings is 1. The minimum atomic E-state index is -3.60. The number of sulfone groups is 1. The van der Waals surface area contributed by atoms with E-state index in [0.717, 1.165) is 32.2 Å². The molecule has 0 unspecified atom stereocenters. The van der Waals surface area contributed by atoms with Gasteiger partial charge in [-0.2, -0.15) is 0 Å². The molecule has 3 rings (SSSR count). The number of hydrogen-bond acceptors (Lipinski definition) is 7. The van der Waals surface area contributed by atoms with Gasteiger partial charge in [0.15, 0.2) is 0 Å². The number of benzene rings is 1. The van der Waals surface area contributed by atoms with Gasteiger partial charge in [0.2, 0.25) is 9.84 Å². The molecule has 1 aromatic carbocycles. The second-order valence-corrected chi connectivity index (χ2v) is 8.43. The molecule has 1 aliphatic heterocycles. The zero-order valence-electron chi connectivity index (χ0n) is 14.1. The summed E-state index contributed by atoms with van der Waals surface area (Å²) in [6.45, 7) is 1.78. The summed E-state index contributed by atoms with van der Waals surface area (Å²) in [4.78, 5) is 8.16. The molecule has 140 valence electrons. The van der Waals surface area contributed by atoms with Gasteiger partial charge in [0, 0.05) is 24.1 Å². The van der Waals surface area contributed by atoms with Gasteiger partial charge >= 0.3 is 0 Å². The fourth-order valence-corrected chi connectivity index (χ4v) is 3.33. The smallest absolute Gasteiger partial charge is 0.250 e. The molecule has 10 heteroatoms. The van der Waals surface area contributed by atoms with Crippen molar-refractivity contribution < 1.29 is 12.8 Å². The fourth-order valence-electron chi connectivity index (χ4n) is 2.63. The Kier molecular flexibility index (Phi) is 5.59. The number of anilines is 3. The van der Waals surface area contributed by atoms with Gasteiger partial charge in [-0.15, -0.1) is 0 Å². The molecular weight excluding hydrogens is 381 g/mol. The van der Waals surface area contributed by atoms with E-state index in [1.807, 2.05) is 0 Å². The van der Waals surface area contributed by atoms with Crippen LogP contribution in [0.1, 0.15) is 12.8 Å². The molecule has 7 nitrogen and oxygen atoms in total. The number of hydrogen-bond donors (Lipinski definition) is 3. The number of nitrogens with one attached hydrogen (secondary N) is 3. The number of rotatable bonds is 5. The van der Waals surface area contributed by atoms with Crippen molar-refractivity contribution in [1.29, 1.82) is 0 Å². The van der Waals surface area contributed by atoms with Gasteiger partial charge in [-0.25, -0.2) is 22.8 Å². The summed E-state index contributed by atoms with van der Waals surface area (Å²) in [5, 5.41) is 9.14. The molecule has 1 fully saturated rings. The highest BCUT2D eigenvalue weighted by atomic mass is 35.5. The predicted octanol–water partition coefficient (Wildman–Crippen LogP) is 2.58. The van der Waals surface area contributed by atoms with Gasteiger partial charge in [-0.3, -0.25) is 0 Å². The lowest BCUT2D eigenvalue weighted by Gasteiger charge is -2.24. The lowest BCUT2D eigenvalue weighted by atomic mass is 10.1. The van der Waals surface area contributed by atoms with Crippen LogP contribution < -0.4 is 16.0 Å². The summed E-state index contributed by atoms with van der Waals surface area (Å²) in [6.07, 6.45) is 2.87. The number of aromatic nitrogens is 2. The SMILES string of the molecule is CS(=O)(=O)c1nc(Nc2ccc(F)c(Cl)c2)cc(NC2CCNCC2)n1. The van der Waals surface area contributed by atoms with E-state index in [4.69, 9.17) is 11.6 Å². The molecule has 1 aromatic heterocycles. The normalized spacial score (nSPS) is 15.7. The first-order valence-electron chi connectivity index (χ1n) is 8.10. The average Bonchev–Trinajstić information content (AvgIpc) is 2.58. The molecule has 26 heavy (non-hydrogen) atoms. The monoisotopic (exact) mass is 399 g/mol. The summed E-state index contributed by atoms with van der Waals surface area (Å²) in [5.74, 6) is 0.160. The first kappa shape index (κ1) is 18.8. The Morgan fingerprint density at radius 1 is 1.19 bits per heavy atom. The van der Waals surface area contributed by atoms with Crippen LogP contribution >= 0.6 is 11.6 Å². The number of halogens is 2. The lowest BCUT2D eigenvalue weighted by molar-refractivity contribution is 0.478. The quantitative estimate of drug-likeness (QED) is 0.665. The molecular formula is C16H19ClFN5O2S. The van der Waals surface area contributed by atoms with Gasteiger partial charge in [-0.1, -0.05) is 11.6 Å². The van der Waals surface area contributed by atoms with E-state index in [0.29, 0.717) is 11.5 Å². The molecule has 0 radical (unpaired) electrons. The third kappa shape index (κ3) is 4.80. The van der Waals surface area contributed by atoms with Crippen LogP contribution in [0.4, 0.5) is 21.7 Å². The molecule has 0 amide bonds. The van der Waals surface area contributed by atoms with Crippen LogP contribution in [0.25, 0.3) is 0 Å². The van der Waals surface area contributed by atoms with Crippen LogP contribution in [0.5, 0.6) is 0 Å². The maximum Gasteiger partial charge on any atom is 0.250 e. The highest BCUT2D eigenvalue weighted by Crippen LogP contribution is 2.24.